The maximum Gasteiger partial charge on any atom is 0.224 e. The van der Waals surface area contributed by atoms with Gasteiger partial charge in [0, 0.05) is 24.6 Å². The van der Waals surface area contributed by atoms with Crippen molar-refractivity contribution in [2.45, 2.75) is 13.5 Å². The van der Waals surface area contributed by atoms with Crippen molar-refractivity contribution in [2.24, 2.45) is 11.7 Å². The van der Waals surface area contributed by atoms with Gasteiger partial charge < -0.3 is 15.8 Å². The molecule has 5 heteroatoms. The number of carbonyl (C=O) groups is 1. The lowest BCUT2D eigenvalue weighted by atomic mass is 10.0. The van der Waals surface area contributed by atoms with E-state index in [-0.39, 0.29) is 24.2 Å². The number of fused-ring (bicyclic) bond motifs is 1. The van der Waals surface area contributed by atoms with Crippen LogP contribution < -0.4 is 15.8 Å². The number of hydrogen-bond donors (Lipinski definition) is 2. The van der Waals surface area contributed by atoms with Crippen molar-refractivity contribution in [3.05, 3.63) is 42.0 Å². The summed E-state index contributed by atoms with van der Waals surface area (Å²) in [7, 11) is 1.64. The summed E-state index contributed by atoms with van der Waals surface area (Å²) in [6.45, 7) is 2.60. The zero-order valence-corrected chi connectivity index (χ0v) is 13.1. The minimum absolute atomic E-state index is 0. The molecule has 0 radical (unpaired) electrons. The normalized spacial score (nSPS) is 11.6. The van der Waals surface area contributed by atoms with Crippen molar-refractivity contribution >= 4 is 29.1 Å². The number of carbonyl (C=O) groups excluding carboxylic acids is 1. The third-order valence-electron chi connectivity index (χ3n) is 3.46. The average molecular weight is 309 g/mol. The SMILES string of the molecule is COc1ccc2ccccc2c1CNC(=O)C(C)CN.Cl. The zero-order chi connectivity index (χ0) is 14.5. The highest BCUT2D eigenvalue weighted by Gasteiger charge is 2.13. The van der Waals surface area contributed by atoms with Gasteiger partial charge in [-0.2, -0.15) is 0 Å². The van der Waals surface area contributed by atoms with Gasteiger partial charge in [0.2, 0.25) is 5.91 Å². The van der Waals surface area contributed by atoms with E-state index in [0.29, 0.717) is 13.1 Å². The predicted octanol–water partition coefficient (Wildman–Crippen LogP) is 2.48. The Morgan fingerprint density at radius 1 is 1.29 bits per heavy atom. The maximum atomic E-state index is 11.9. The molecule has 21 heavy (non-hydrogen) atoms. The van der Waals surface area contributed by atoms with Crippen molar-refractivity contribution < 1.29 is 9.53 Å². The molecule has 1 atom stereocenters. The second-order valence-corrected chi connectivity index (χ2v) is 4.82. The number of hydrogen-bond acceptors (Lipinski definition) is 3. The van der Waals surface area contributed by atoms with Gasteiger partial charge in [0.15, 0.2) is 0 Å². The Bertz CT molecular complexity index is 616. The number of nitrogens with two attached hydrogens (primary N) is 1. The van der Waals surface area contributed by atoms with E-state index in [4.69, 9.17) is 10.5 Å². The van der Waals surface area contributed by atoms with Gasteiger partial charge in [-0.25, -0.2) is 0 Å². The lowest BCUT2D eigenvalue weighted by molar-refractivity contribution is -0.124. The summed E-state index contributed by atoms with van der Waals surface area (Å²) in [6.07, 6.45) is 0. The topological polar surface area (TPSA) is 64.3 Å². The monoisotopic (exact) mass is 308 g/mol. The molecule has 2 aromatic carbocycles. The summed E-state index contributed by atoms with van der Waals surface area (Å²) in [5.41, 5.74) is 6.49. The van der Waals surface area contributed by atoms with Crippen LogP contribution >= 0.6 is 12.4 Å². The van der Waals surface area contributed by atoms with Gasteiger partial charge in [0.05, 0.1) is 7.11 Å². The molecular weight excluding hydrogens is 288 g/mol. The number of benzene rings is 2. The molecule has 0 saturated heterocycles. The molecule has 1 amide bonds. The number of amides is 1. The van der Waals surface area contributed by atoms with Gasteiger partial charge in [-0.05, 0) is 16.8 Å². The lowest BCUT2D eigenvalue weighted by Gasteiger charge is -2.14. The molecule has 4 nitrogen and oxygen atoms in total. The van der Waals surface area contributed by atoms with Crippen LogP contribution in [0.4, 0.5) is 0 Å². The molecule has 2 aromatic rings. The Labute approximate surface area is 131 Å². The zero-order valence-electron chi connectivity index (χ0n) is 12.3. The van der Waals surface area contributed by atoms with Crippen LogP contribution in [-0.4, -0.2) is 19.6 Å². The molecular formula is C16H21ClN2O2. The molecule has 0 heterocycles. The van der Waals surface area contributed by atoms with E-state index in [9.17, 15) is 4.79 Å². The highest BCUT2D eigenvalue weighted by atomic mass is 35.5. The molecule has 0 spiro atoms. The molecule has 0 saturated carbocycles. The van der Waals surface area contributed by atoms with Crippen LogP contribution in [0.25, 0.3) is 10.8 Å². The van der Waals surface area contributed by atoms with Crippen LogP contribution in [0.3, 0.4) is 0 Å². The molecule has 3 N–H and O–H groups in total. The first-order valence-corrected chi connectivity index (χ1v) is 6.69. The van der Waals surface area contributed by atoms with Crippen molar-refractivity contribution in [3.8, 4) is 5.75 Å². The fourth-order valence-electron chi connectivity index (χ4n) is 2.15. The van der Waals surface area contributed by atoms with Crippen LogP contribution in [-0.2, 0) is 11.3 Å². The van der Waals surface area contributed by atoms with Gasteiger partial charge in [0.1, 0.15) is 5.75 Å². The summed E-state index contributed by atoms with van der Waals surface area (Å²) in [6, 6.07) is 12.0. The highest BCUT2D eigenvalue weighted by Crippen LogP contribution is 2.27. The summed E-state index contributed by atoms with van der Waals surface area (Å²) < 4.78 is 5.40. The van der Waals surface area contributed by atoms with Gasteiger partial charge in [0.25, 0.3) is 0 Å². The third kappa shape index (κ3) is 3.86. The number of rotatable bonds is 5. The molecule has 114 valence electrons. The van der Waals surface area contributed by atoms with E-state index in [1.807, 2.05) is 43.3 Å². The van der Waals surface area contributed by atoms with Crippen LogP contribution in [0.2, 0.25) is 0 Å². The van der Waals surface area contributed by atoms with Crippen LogP contribution in [0.5, 0.6) is 5.75 Å². The summed E-state index contributed by atoms with van der Waals surface area (Å²) in [5.74, 6) is 0.558. The van der Waals surface area contributed by atoms with E-state index in [1.54, 1.807) is 7.11 Å². The number of nitrogens with one attached hydrogen (secondary N) is 1. The first-order chi connectivity index (χ1) is 9.67. The fourth-order valence-corrected chi connectivity index (χ4v) is 2.15. The van der Waals surface area contributed by atoms with Gasteiger partial charge in [-0.3, -0.25) is 4.79 Å². The fraction of sp³-hybridized carbons (Fsp3) is 0.312. The molecule has 0 aromatic heterocycles. The first kappa shape index (κ1) is 17.3. The number of halogens is 1. The predicted molar refractivity (Wildman–Crippen MR) is 87.8 cm³/mol. The van der Waals surface area contributed by atoms with E-state index in [2.05, 4.69) is 5.32 Å². The summed E-state index contributed by atoms with van der Waals surface area (Å²) in [4.78, 5) is 11.9. The van der Waals surface area contributed by atoms with E-state index in [1.165, 1.54) is 0 Å². The lowest BCUT2D eigenvalue weighted by Crippen LogP contribution is -2.32. The molecule has 0 aliphatic rings. The first-order valence-electron chi connectivity index (χ1n) is 6.69. The number of ether oxygens (including phenoxy) is 1. The average Bonchev–Trinajstić information content (AvgIpc) is 2.51. The highest BCUT2D eigenvalue weighted by molar-refractivity contribution is 5.88. The molecule has 0 aliphatic carbocycles. The van der Waals surface area contributed by atoms with Crippen molar-refractivity contribution in [2.75, 3.05) is 13.7 Å². The van der Waals surface area contributed by atoms with Crippen molar-refractivity contribution in [1.82, 2.24) is 5.32 Å². The van der Waals surface area contributed by atoms with E-state index < -0.39 is 0 Å². The van der Waals surface area contributed by atoms with E-state index in [0.717, 1.165) is 22.1 Å². The third-order valence-corrected chi connectivity index (χ3v) is 3.46. The minimum atomic E-state index is -0.184. The van der Waals surface area contributed by atoms with Gasteiger partial charge >= 0.3 is 0 Å². The second kappa shape index (κ2) is 7.86. The Morgan fingerprint density at radius 2 is 2.00 bits per heavy atom. The van der Waals surface area contributed by atoms with Crippen molar-refractivity contribution in [1.29, 1.82) is 0 Å². The quantitative estimate of drug-likeness (QED) is 0.892. The second-order valence-electron chi connectivity index (χ2n) is 4.82. The molecule has 1 unspecified atom stereocenters. The summed E-state index contributed by atoms with van der Waals surface area (Å²) >= 11 is 0. The molecule has 0 fully saturated rings. The van der Waals surface area contributed by atoms with Crippen LogP contribution in [0, 0.1) is 5.92 Å². The van der Waals surface area contributed by atoms with E-state index >= 15 is 0 Å². The van der Waals surface area contributed by atoms with Crippen LogP contribution in [0.15, 0.2) is 36.4 Å². The molecule has 2 rings (SSSR count). The van der Waals surface area contributed by atoms with Gasteiger partial charge in [-0.1, -0.05) is 37.3 Å². The maximum absolute atomic E-state index is 11.9. The Hall–Kier alpha value is -1.78. The van der Waals surface area contributed by atoms with Crippen LogP contribution in [0.1, 0.15) is 12.5 Å². The number of methoxy groups -OCH3 is 1. The molecule has 0 bridgehead atoms. The summed E-state index contributed by atoms with van der Waals surface area (Å²) in [5, 5.41) is 5.14. The Balaban J connectivity index is 0.00000220. The smallest absolute Gasteiger partial charge is 0.224 e. The minimum Gasteiger partial charge on any atom is -0.496 e. The van der Waals surface area contributed by atoms with Crippen molar-refractivity contribution in [3.63, 3.8) is 0 Å². The Morgan fingerprint density at radius 3 is 2.67 bits per heavy atom. The largest absolute Gasteiger partial charge is 0.496 e. The standard InChI is InChI=1S/C16H20N2O2.ClH/c1-11(9-17)16(19)18-10-14-13-6-4-3-5-12(13)7-8-15(14)20-2;/h3-8,11H,9-10,17H2,1-2H3,(H,18,19);1H. The van der Waals surface area contributed by atoms with Gasteiger partial charge in [-0.15, -0.1) is 12.4 Å². The Kier molecular flexibility index (Phi) is 6.46. The molecule has 0 aliphatic heterocycles.